The van der Waals surface area contributed by atoms with Crippen molar-refractivity contribution in [3.8, 4) is 11.6 Å². The van der Waals surface area contributed by atoms with Gasteiger partial charge in [-0.3, -0.25) is 4.79 Å². The van der Waals surface area contributed by atoms with Gasteiger partial charge in [0.2, 0.25) is 5.88 Å². The van der Waals surface area contributed by atoms with Crippen LogP contribution in [-0.4, -0.2) is 9.97 Å². The molecule has 0 bridgehead atoms. The molecule has 1 heterocycles. The summed E-state index contributed by atoms with van der Waals surface area (Å²) >= 11 is 8.69. The minimum Gasteiger partial charge on any atom is -0.437 e. The van der Waals surface area contributed by atoms with Crippen LogP contribution in [0.2, 0.25) is 5.02 Å². The first-order valence-corrected chi connectivity index (χ1v) is 5.61. The predicted octanol–water partition coefficient (Wildman–Crippen LogP) is 3.12. The molecule has 0 aliphatic heterocycles. The Hall–Kier alpha value is -1.40. The molecule has 0 aliphatic rings. The van der Waals surface area contributed by atoms with Crippen LogP contribution in [0.3, 0.4) is 0 Å². The third-order valence-corrected chi connectivity index (χ3v) is 2.85. The molecule has 2 rings (SSSR count). The number of nitrogens with one attached hydrogen (secondary N) is 1. The quantitative estimate of drug-likeness (QED) is 0.925. The molecular formula is C10H5BrClFN2O2. The third-order valence-electron chi connectivity index (χ3n) is 1.87. The van der Waals surface area contributed by atoms with E-state index in [1.165, 1.54) is 12.1 Å². The van der Waals surface area contributed by atoms with Crippen molar-refractivity contribution < 1.29 is 9.13 Å². The summed E-state index contributed by atoms with van der Waals surface area (Å²) in [5.74, 6) is -0.355. The number of aromatic nitrogens is 2. The van der Waals surface area contributed by atoms with Crippen LogP contribution in [-0.2, 0) is 0 Å². The molecule has 0 unspecified atom stereocenters. The number of H-pyrrole nitrogens is 1. The Morgan fingerprint density at radius 2 is 2.24 bits per heavy atom. The van der Waals surface area contributed by atoms with Gasteiger partial charge < -0.3 is 9.72 Å². The van der Waals surface area contributed by atoms with Crippen molar-refractivity contribution in [2.24, 2.45) is 0 Å². The maximum atomic E-state index is 13.2. The minimum atomic E-state index is -0.519. The lowest BCUT2D eigenvalue weighted by Gasteiger charge is -2.05. The largest absolute Gasteiger partial charge is 0.437 e. The Bertz CT molecular complexity index is 617. The first kappa shape index (κ1) is 12.1. The molecule has 2 aromatic rings. The number of hydrogen-bond acceptors (Lipinski definition) is 3. The van der Waals surface area contributed by atoms with Crippen molar-refractivity contribution in [2.75, 3.05) is 0 Å². The van der Waals surface area contributed by atoms with E-state index in [-0.39, 0.29) is 16.7 Å². The molecule has 0 aliphatic carbocycles. The van der Waals surface area contributed by atoms with Gasteiger partial charge in [0.05, 0.1) is 10.8 Å². The Balaban J connectivity index is 2.35. The number of rotatable bonds is 2. The van der Waals surface area contributed by atoms with Gasteiger partial charge in [-0.05, 0) is 28.1 Å². The van der Waals surface area contributed by atoms with Gasteiger partial charge in [0.15, 0.2) is 5.02 Å². The Morgan fingerprint density at radius 3 is 2.94 bits per heavy atom. The molecule has 0 atom stereocenters. The zero-order chi connectivity index (χ0) is 12.4. The second-order valence-electron chi connectivity index (χ2n) is 3.03. The lowest BCUT2D eigenvalue weighted by atomic mass is 10.3. The van der Waals surface area contributed by atoms with E-state index < -0.39 is 11.4 Å². The monoisotopic (exact) mass is 318 g/mol. The highest BCUT2D eigenvalue weighted by Crippen LogP contribution is 2.26. The van der Waals surface area contributed by atoms with Gasteiger partial charge in [0.25, 0.3) is 5.56 Å². The standard InChI is InChI=1S/C10H5BrClFN2O2/c11-6-2-1-5(3-7(6)13)17-10-8(12)9(16)14-4-15-10/h1-4H,(H,14,15,16). The lowest BCUT2D eigenvalue weighted by molar-refractivity contribution is 0.455. The number of hydrogen-bond donors (Lipinski definition) is 1. The lowest BCUT2D eigenvalue weighted by Crippen LogP contribution is -2.07. The molecule has 0 saturated carbocycles. The first-order valence-electron chi connectivity index (χ1n) is 4.44. The number of halogens is 3. The zero-order valence-corrected chi connectivity index (χ0v) is 10.5. The minimum absolute atomic E-state index is 0.0721. The summed E-state index contributed by atoms with van der Waals surface area (Å²) in [5, 5.41) is -0.184. The highest BCUT2D eigenvalue weighted by atomic mass is 79.9. The van der Waals surface area contributed by atoms with E-state index in [1.807, 2.05) is 0 Å². The number of nitrogens with zero attached hydrogens (tertiary/aromatic N) is 1. The van der Waals surface area contributed by atoms with Crippen LogP contribution in [0.15, 0.2) is 33.8 Å². The van der Waals surface area contributed by atoms with Crippen LogP contribution < -0.4 is 10.3 Å². The Kier molecular flexibility index (Phi) is 3.44. The van der Waals surface area contributed by atoms with Crippen molar-refractivity contribution in [1.29, 1.82) is 0 Å². The molecule has 1 aromatic carbocycles. The van der Waals surface area contributed by atoms with E-state index in [1.54, 1.807) is 0 Å². The highest BCUT2D eigenvalue weighted by Gasteiger charge is 2.09. The van der Waals surface area contributed by atoms with E-state index >= 15 is 0 Å². The fraction of sp³-hybridized carbons (Fsp3) is 0. The summed E-state index contributed by atoms with van der Waals surface area (Å²) in [7, 11) is 0. The summed E-state index contributed by atoms with van der Waals surface area (Å²) in [6.07, 6.45) is 1.15. The normalized spacial score (nSPS) is 10.3. The molecule has 0 fully saturated rings. The van der Waals surface area contributed by atoms with Gasteiger partial charge in [-0.15, -0.1) is 0 Å². The van der Waals surface area contributed by atoms with E-state index in [9.17, 15) is 9.18 Å². The fourth-order valence-electron chi connectivity index (χ4n) is 1.09. The van der Waals surface area contributed by atoms with Crippen molar-refractivity contribution >= 4 is 27.5 Å². The van der Waals surface area contributed by atoms with Crippen LogP contribution in [0.4, 0.5) is 4.39 Å². The van der Waals surface area contributed by atoms with Crippen LogP contribution >= 0.6 is 27.5 Å². The van der Waals surface area contributed by atoms with E-state index in [4.69, 9.17) is 16.3 Å². The van der Waals surface area contributed by atoms with E-state index in [0.717, 1.165) is 12.4 Å². The van der Waals surface area contributed by atoms with E-state index in [0.29, 0.717) is 4.47 Å². The predicted molar refractivity (Wildman–Crippen MR) is 64.0 cm³/mol. The van der Waals surface area contributed by atoms with Crippen molar-refractivity contribution in [2.45, 2.75) is 0 Å². The van der Waals surface area contributed by atoms with Gasteiger partial charge in [0.1, 0.15) is 11.6 Å². The molecule has 0 spiro atoms. The number of ether oxygens (including phenoxy) is 1. The summed E-state index contributed by atoms with van der Waals surface area (Å²) in [6.45, 7) is 0. The van der Waals surface area contributed by atoms with Gasteiger partial charge in [-0.25, -0.2) is 9.37 Å². The van der Waals surface area contributed by atoms with Crippen molar-refractivity contribution in [3.63, 3.8) is 0 Å². The summed E-state index contributed by atoms with van der Waals surface area (Å²) in [5.41, 5.74) is -0.519. The molecule has 1 N–H and O–H groups in total. The third kappa shape index (κ3) is 2.65. The summed E-state index contributed by atoms with van der Waals surface area (Å²) in [4.78, 5) is 17.2. The molecule has 0 saturated heterocycles. The number of benzene rings is 1. The molecule has 0 amide bonds. The molecule has 1 aromatic heterocycles. The van der Waals surface area contributed by atoms with Gasteiger partial charge >= 0.3 is 0 Å². The van der Waals surface area contributed by atoms with Gasteiger partial charge in [0, 0.05) is 6.07 Å². The molecule has 4 nitrogen and oxygen atoms in total. The maximum absolute atomic E-state index is 13.2. The van der Waals surface area contributed by atoms with E-state index in [2.05, 4.69) is 25.9 Å². The molecule has 88 valence electrons. The summed E-state index contributed by atoms with van der Waals surface area (Å²) < 4.78 is 18.7. The molecule has 7 heteroatoms. The average Bonchev–Trinajstić information content (AvgIpc) is 2.30. The SMILES string of the molecule is O=c1[nH]cnc(Oc2ccc(Br)c(F)c2)c1Cl. The second-order valence-corrected chi connectivity index (χ2v) is 4.26. The van der Waals surface area contributed by atoms with Crippen LogP contribution in [0.5, 0.6) is 11.6 Å². The smallest absolute Gasteiger partial charge is 0.273 e. The summed E-state index contributed by atoms with van der Waals surface area (Å²) in [6, 6.07) is 4.15. The highest BCUT2D eigenvalue weighted by molar-refractivity contribution is 9.10. The zero-order valence-electron chi connectivity index (χ0n) is 8.21. The maximum Gasteiger partial charge on any atom is 0.273 e. The van der Waals surface area contributed by atoms with Crippen LogP contribution in [0.25, 0.3) is 0 Å². The van der Waals surface area contributed by atoms with Crippen LogP contribution in [0.1, 0.15) is 0 Å². The average molecular weight is 320 g/mol. The fourth-order valence-corrected chi connectivity index (χ4v) is 1.48. The Labute approximate surface area is 109 Å². The van der Waals surface area contributed by atoms with Crippen LogP contribution in [0, 0.1) is 5.82 Å². The molecule has 0 radical (unpaired) electrons. The first-order chi connectivity index (χ1) is 8.08. The second kappa shape index (κ2) is 4.85. The number of aromatic amines is 1. The van der Waals surface area contributed by atoms with Crippen molar-refractivity contribution in [3.05, 3.63) is 50.2 Å². The van der Waals surface area contributed by atoms with Gasteiger partial charge in [-0.2, -0.15) is 0 Å². The topological polar surface area (TPSA) is 55.0 Å². The van der Waals surface area contributed by atoms with Gasteiger partial charge in [-0.1, -0.05) is 11.6 Å². The molecular weight excluding hydrogens is 314 g/mol. The Morgan fingerprint density at radius 1 is 1.47 bits per heavy atom. The molecule has 17 heavy (non-hydrogen) atoms. The van der Waals surface area contributed by atoms with Crippen molar-refractivity contribution in [1.82, 2.24) is 9.97 Å².